The van der Waals surface area contributed by atoms with Gasteiger partial charge in [-0.2, -0.15) is 23.1 Å². The van der Waals surface area contributed by atoms with Crippen molar-refractivity contribution in [1.29, 1.82) is 5.26 Å². The second-order valence-electron chi connectivity index (χ2n) is 18.6. The van der Waals surface area contributed by atoms with Crippen LogP contribution in [0.1, 0.15) is 63.0 Å². The number of hydrogen-bond acceptors (Lipinski definition) is 13. The lowest BCUT2D eigenvalue weighted by Crippen LogP contribution is -2.51. The van der Waals surface area contributed by atoms with Crippen LogP contribution in [-0.2, 0) is 31.6 Å². The summed E-state index contributed by atoms with van der Waals surface area (Å²) in [5, 5.41) is 28.8. The Bertz CT molecular complexity index is 3180. The summed E-state index contributed by atoms with van der Waals surface area (Å²) in [5.74, 6) is -2.46. The molecule has 20 nitrogen and oxygen atoms in total. The number of urea groups is 1. The highest BCUT2D eigenvalue weighted by atomic mass is 32.2. The van der Waals surface area contributed by atoms with Crippen molar-refractivity contribution < 1.29 is 50.6 Å². The number of anilines is 3. The number of benzene rings is 3. The van der Waals surface area contributed by atoms with E-state index in [0.717, 1.165) is 16.4 Å². The Hall–Kier alpha value is -6.81. The largest absolute Gasteiger partial charge is 0.453 e. The predicted molar refractivity (Wildman–Crippen MR) is 246 cm³/mol. The number of hydrogen-bond donors (Lipinski definition) is 3. The zero-order valence-corrected chi connectivity index (χ0v) is 38.7. The summed E-state index contributed by atoms with van der Waals surface area (Å²) >= 11 is 0. The number of halogens is 3. The van der Waals surface area contributed by atoms with Gasteiger partial charge in [0.15, 0.2) is 17.4 Å². The zero-order valence-electron chi connectivity index (χ0n) is 37.9. The Kier molecular flexibility index (Phi) is 12.0. The number of aryl methyl sites for hydroxylation is 1. The third-order valence-corrected chi connectivity index (χ3v) is 15.7. The number of aromatic nitrogens is 4. The summed E-state index contributed by atoms with van der Waals surface area (Å²) in [6, 6.07) is 10.0. The molecule has 5 aliphatic rings. The summed E-state index contributed by atoms with van der Waals surface area (Å²) in [6.07, 6.45) is 1.98. The summed E-state index contributed by atoms with van der Waals surface area (Å²) in [5.41, 5.74) is -1.88. The lowest BCUT2D eigenvalue weighted by molar-refractivity contribution is -0.142. The standard InChI is InChI=1S/C46H48F3N11O9S/c1-55-37-20-38(34(49)19-31(37)42(53-55)59-13-7-39(61)52-44(59)64)56-14-8-45(65,9-15-56)22-40(62)57-16-10-46(11-17-57)21-28(25-68-46)60-26-51-35-4-2-29(18-30(35)43(60)63)69-41-32(23-50)36(5-3-33(41)48)54-70(66,67)58-12-6-27(47)24-58/h2-5,18-20,26-28,54,65H,6-17,21-22,24-25H2,1H3,(H,52,61,64)/t27?,28-/m1/s1. The fraction of sp³-hybridized carbons (Fsp3) is 0.457. The van der Waals surface area contributed by atoms with Crippen LogP contribution >= 0.6 is 0 Å². The van der Waals surface area contributed by atoms with Crippen LogP contribution in [0.3, 0.4) is 0 Å². The zero-order chi connectivity index (χ0) is 49.3. The first kappa shape index (κ1) is 46.9. The van der Waals surface area contributed by atoms with Gasteiger partial charge in [0.05, 0.1) is 64.4 Å². The van der Waals surface area contributed by atoms with Crippen LogP contribution < -0.4 is 30.1 Å². The fourth-order valence-corrected chi connectivity index (χ4v) is 11.5. The topological polar surface area (TPSA) is 238 Å². The first-order chi connectivity index (χ1) is 33.4. The van der Waals surface area contributed by atoms with E-state index in [4.69, 9.17) is 9.47 Å². The normalized spacial score (nSPS) is 21.7. The molecule has 0 saturated carbocycles. The first-order valence-electron chi connectivity index (χ1n) is 22.9. The molecular formula is C46H48F3N11O9S. The average Bonchev–Trinajstić information content (AvgIpc) is 4.05. The van der Waals surface area contributed by atoms with Gasteiger partial charge < -0.3 is 24.4 Å². The molecule has 10 rings (SSSR count). The number of imide groups is 1. The number of ether oxygens (including phenoxy) is 2. The molecule has 70 heavy (non-hydrogen) atoms. The molecule has 5 aliphatic heterocycles. The number of carbonyl (C=O) groups is 3. The number of fused-ring (bicyclic) bond motifs is 2. The van der Waals surface area contributed by atoms with Gasteiger partial charge in [-0.1, -0.05) is 0 Å². The highest BCUT2D eigenvalue weighted by Crippen LogP contribution is 2.42. The Morgan fingerprint density at radius 1 is 1.01 bits per heavy atom. The van der Waals surface area contributed by atoms with Crippen molar-refractivity contribution in [2.24, 2.45) is 7.05 Å². The number of aliphatic hydroxyl groups is 1. The number of nitriles is 1. The second kappa shape index (κ2) is 17.9. The SMILES string of the molecule is Cn1nc(N2CCC(=O)NC2=O)c2cc(F)c(N3CCC(O)(CC(=O)N4CCC5(CC4)C[C@@H](n4cnc6ccc(Oc7c(F)ccc(NS(=O)(=O)N8CCC(F)C8)c7C#N)cc6c4=O)CO5)CC3)cc21. The number of alkyl halides is 1. The Morgan fingerprint density at radius 2 is 1.79 bits per heavy atom. The molecule has 5 fully saturated rings. The number of carbonyl (C=O) groups excluding carboxylic acids is 3. The van der Waals surface area contributed by atoms with Crippen LogP contribution in [0.2, 0.25) is 0 Å². The van der Waals surface area contributed by atoms with Gasteiger partial charge in [0, 0.05) is 64.7 Å². The van der Waals surface area contributed by atoms with Crippen molar-refractivity contribution in [3.63, 3.8) is 0 Å². The maximum absolute atomic E-state index is 15.7. The van der Waals surface area contributed by atoms with Gasteiger partial charge in [0.25, 0.3) is 5.56 Å². The third kappa shape index (κ3) is 8.75. The van der Waals surface area contributed by atoms with Crippen molar-refractivity contribution in [2.45, 2.75) is 74.8 Å². The minimum Gasteiger partial charge on any atom is -0.453 e. The van der Waals surface area contributed by atoms with Crippen LogP contribution in [0.25, 0.3) is 21.8 Å². The minimum absolute atomic E-state index is 0.0221. The minimum atomic E-state index is -4.27. The van der Waals surface area contributed by atoms with Crippen molar-refractivity contribution in [3.05, 3.63) is 76.3 Å². The van der Waals surface area contributed by atoms with E-state index in [2.05, 4.69) is 20.1 Å². The Morgan fingerprint density at radius 3 is 2.50 bits per heavy atom. The Labute approximate surface area is 398 Å². The molecule has 1 unspecified atom stereocenters. The molecule has 5 saturated heterocycles. The van der Waals surface area contributed by atoms with Crippen LogP contribution in [0.4, 0.5) is 35.2 Å². The van der Waals surface area contributed by atoms with E-state index in [1.54, 1.807) is 28.8 Å². The molecule has 24 heteroatoms. The average molecular weight is 988 g/mol. The quantitative estimate of drug-likeness (QED) is 0.179. The second-order valence-corrected chi connectivity index (χ2v) is 20.3. The summed E-state index contributed by atoms with van der Waals surface area (Å²) in [4.78, 5) is 61.2. The van der Waals surface area contributed by atoms with E-state index < -0.39 is 74.1 Å². The maximum Gasteiger partial charge on any atom is 0.329 e. The molecule has 2 atom stereocenters. The third-order valence-electron chi connectivity index (χ3n) is 14.2. The molecule has 4 amide bonds. The van der Waals surface area contributed by atoms with Crippen LogP contribution in [0.5, 0.6) is 11.5 Å². The number of likely N-dealkylation sites (tertiary alicyclic amines) is 1. The molecule has 368 valence electrons. The van der Waals surface area contributed by atoms with Gasteiger partial charge in [-0.25, -0.2) is 22.9 Å². The van der Waals surface area contributed by atoms with Crippen LogP contribution in [0, 0.1) is 23.0 Å². The van der Waals surface area contributed by atoms with Gasteiger partial charge in [-0.05, 0) is 81.0 Å². The van der Waals surface area contributed by atoms with Crippen molar-refractivity contribution in [3.8, 4) is 17.6 Å². The van der Waals surface area contributed by atoms with E-state index in [9.17, 15) is 42.4 Å². The number of piperidine rings is 2. The molecular weight excluding hydrogens is 940 g/mol. The fourth-order valence-electron chi connectivity index (χ4n) is 10.2. The molecule has 2 aromatic heterocycles. The van der Waals surface area contributed by atoms with E-state index in [-0.39, 0.29) is 100.0 Å². The van der Waals surface area contributed by atoms with E-state index >= 15 is 8.78 Å². The van der Waals surface area contributed by atoms with Gasteiger partial charge in [0.1, 0.15) is 29.4 Å². The summed E-state index contributed by atoms with van der Waals surface area (Å²) < 4.78 is 88.9. The van der Waals surface area contributed by atoms with Crippen molar-refractivity contribution in [2.75, 3.05) is 66.9 Å². The lowest BCUT2D eigenvalue weighted by Gasteiger charge is -2.42. The number of nitrogens with zero attached hydrogens (tertiary/aromatic N) is 9. The summed E-state index contributed by atoms with van der Waals surface area (Å²) in [6.45, 7) is 1.20. The van der Waals surface area contributed by atoms with E-state index in [1.165, 1.54) is 40.1 Å². The molecule has 0 radical (unpaired) electrons. The molecule has 7 heterocycles. The van der Waals surface area contributed by atoms with Crippen molar-refractivity contribution >= 4 is 67.1 Å². The monoisotopic (exact) mass is 987 g/mol. The number of rotatable bonds is 10. The van der Waals surface area contributed by atoms with Crippen molar-refractivity contribution in [1.82, 2.24) is 33.9 Å². The maximum atomic E-state index is 15.7. The molecule has 5 aromatic rings. The smallest absolute Gasteiger partial charge is 0.329 e. The predicted octanol–water partition coefficient (Wildman–Crippen LogP) is 4.12. The molecule has 3 N–H and O–H groups in total. The number of amides is 4. The van der Waals surface area contributed by atoms with Gasteiger partial charge in [-0.3, -0.25) is 38.6 Å². The van der Waals surface area contributed by atoms with Gasteiger partial charge in [0.2, 0.25) is 11.8 Å². The molecule has 3 aromatic carbocycles. The number of nitrogens with one attached hydrogen (secondary N) is 2. The summed E-state index contributed by atoms with van der Waals surface area (Å²) in [7, 11) is -2.59. The highest BCUT2D eigenvalue weighted by molar-refractivity contribution is 7.90. The highest BCUT2D eigenvalue weighted by Gasteiger charge is 2.46. The lowest BCUT2D eigenvalue weighted by atomic mass is 9.85. The Balaban J connectivity index is 0.755. The van der Waals surface area contributed by atoms with Crippen LogP contribution in [0.15, 0.2) is 53.6 Å². The molecule has 0 bridgehead atoms. The first-order valence-corrected chi connectivity index (χ1v) is 24.4. The van der Waals surface area contributed by atoms with Crippen LogP contribution in [-0.4, -0.2) is 130 Å². The van der Waals surface area contributed by atoms with E-state index in [0.29, 0.717) is 54.5 Å². The van der Waals surface area contributed by atoms with Gasteiger partial charge in [-0.15, -0.1) is 0 Å². The molecule has 0 aliphatic carbocycles. The van der Waals surface area contributed by atoms with Gasteiger partial charge >= 0.3 is 16.2 Å². The molecule has 1 spiro atoms. The van der Waals surface area contributed by atoms with E-state index in [1.807, 2.05) is 4.90 Å².